The minimum atomic E-state index is -1.24. The third kappa shape index (κ3) is 2.93. The third-order valence-corrected chi connectivity index (χ3v) is 2.54. The number of methoxy groups -OCH3 is 1. The molecule has 1 heterocycles. The molecule has 0 bridgehead atoms. The lowest BCUT2D eigenvalue weighted by Crippen LogP contribution is -2.11. The van der Waals surface area contributed by atoms with Crippen molar-refractivity contribution in [3.63, 3.8) is 0 Å². The second kappa shape index (κ2) is 5.68. The number of benzene rings is 1. The number of nitrogens with zero attached hydrogens (tertiary/aromatic N) is 2. The Morgan fingerprint density at radius 3 is 2.40 bits per heavy atom. The minimum Gasteiger partial charge on any atom is -0.481 e. The zero-order chi connectivity index (χ0) is 14.7. The Kier molecular flexibility index (Phi) is 3.97. The molecule has 0 unspecified atom stereocenters. The summed E-state index contributed by atoms with van der Waals surface area (Å²) in [6.07, 6.45) is 0.817. The highest BCUT2D eigenvalue weighted by molar-refractivity contribution is 5.97. The summed E-state index contributed by atoms with van der Waals surface area (Å²) in [5.41, 5.74) is -0.547. The van der Waals surface area contributed by atoms with Crippen LogP contribution in [0.1, 0.15) is 16.1 Å². The highest BCUT2D eigenvalue weighted by atomic mass is 19.1. The third-order valence-electron chi connectivity index (χ3n) is 2.54. The Morgan fingerprint density at radius 1 is 1.15 bits per heavy atom. The van der Waals surface area contributed by atoms with Crippen molar-refractivity contribution in [2.45, 2.75) is 6.42 Å². The molecule has 0 amide bonds. The molecule has 1 aromatic heterocycles. The number of hydrogen-bond donors (Lipinski definition) is 0. The Labute approximate surface area is 112 Å². The molecule has 0 aliphatic rings. The summed E-state index contributed by atoms with van der Waals surface area (Å²) in [5.74, 6) is -4.19. The fourth-order valence-corrected chi connectivity index (χ4v) is 1.65. The fraction of sp³-hybridized carbons (Fsp3) is 0.154. The van der Waals surface area contributed by atoms with Crippen LogP contribution >= 0.6 is 0 Å². The lowest BCUT2D eigenvalue weighted by molar-refractivity contribution is 0.0983. The smallest absolute Gasteiger partial charge is 0.216 e. The molecule has 0 fully saturated rings. The van der Waals surface area contributed by atoms with Crippen LogP contribution in [-0.4, -0.2) is 22.9 Å². The van der Waals surface area contributed by atoms with E-state index in [1.54, 1.807) is 0 Å². The normalized spacial score (nSPS) is 10.4. The van der Waals surface area contributed by atoms with Gasteiger partial charge in [0.15, 0.2) is 5.78 Å². The maximum Gasteiger partial charge on any atom is 0.216 e. The van der Waals surface area contributed by atoms with Gasteiger partial charge in [0.1, 0.15) is 23.8 Å². The van der Waals surface area contributed by atoms with Crippen LogP contribution in [-0.2, 0) is 6.42 Å². The van der Waals surface area contributed by atoms with E-state index in [4.69, 9.17) is 4.74 Å². The summed E-state index contributed by atoms with van der Waals surface area (Å²) in [7, 11) is 1.38. The summed E-state index contributed by atoms with van der Waals surface area (Å²) in [5, 5.41) is 0. The van der Waals surface area contributed by atoms with E-state index in [2.05, 4.69) is 9.97 Å². The van der Waals surface area contributed by atoms with Gasteiger partial charge in [-0.1, -0.05) is 0 Å². The van der Waals surface area contributed by atoms with E-state index >= 15 is 0 Å². The fourth-order valence-electron chi connectivity index (χ4n) is 1.65. The molecule has 2 rings (SSSR count). The van der Waals surface area contributed by atoms with Crippen molar-refractivity contribution in [3.05, 3.63) is 53.2 Å². The standard InChI is InChI=1S/C13H9F3N2O2/c1-20-12-5-8(17-6-18-12)4-11(19)13-9(15)2-7(14)3-10(13)16/h2-3,5-6H,4H2,1H3. The molecule has 7 heteroatoms. The first-order valence-corrected chi connectivity index (χ1v) is 5.54. The van der Waals surface area contributed by atoms with Crippen LogP contribution in [0.3, 0.4) is 0 Å². The predicted octanol–water partition coefficient (Wildman–Crippen LogP) is 2.33. The van der Waals surface area contributed by atoms with Crippen LogP contribution in [0.25, 0.3) is 0 Å². The maximum atomic E-state index is 13.5. The Balaban J connectivity index is 2.28. The minimum absolute atomic E-state index is 0.225. The van der Waals surface area contributed by atoms with Crippen molar-refractivity contribution >= 4 is 5.78 Å². The van der Waals surface area contributed by atoms with Crippen LogP contribution < -0.4 is 4.74 Å². The zero-order valence-electron chi connectivity index (χ0n) is 10.4. The first kappa shape index (κ1) is 14.0. The molecule has 1 aromatic carbocycles. The van der Waals surface area contributed by atoms with Crippen LogP contribution in [0.15, 0.2) is 24.5 Å². The molecular weight excluding hydrogens is 273 g/mol. The first-order chi connectivity index (χ1) is 9.51. The van der Waals surface area contributed by atoms with E-state index in [0.29, 0.717) is 12.1 Å². The van der Waals surface area contributed by atoms with Gasteiger partial charge < -0.3 is 4.74 Å². The summed E-state index contributed by atoms with van der Waals surface area (Å²) in [6.45, 7) is 0. The van der Waals surface area contributed by atoms with Gasteiger partial charge in [0.2, 0.25) is 5.88 Å². The van der Waals surface area contributed by atoms with Crippen molar-refractivity contribution in [1.29, 1.82) is 0 Å². The Hall–Kier alpha value is -2.44. The predicted molar refractivity (Wildman–Crippen MR) is 62.9 cm³/mol. The van der Waals surface area contributed by atoms with Gasteiger partial charge in [-0.2, -0.15) is 0 Å². The maximum absolute atomic E-state index is 13.5. The van der Waals surface area contributed by atoms with Gasteiger partial charge in [-0.05, 0) is 0 Å². The van der Waals surface area contributed by atoms with E-state index in [-0.39, 0.29) is 18.0 Å². The SMILES string of the molecule is COc1cc(CC(=O)c2c(F)cc(F)cc2F)ncn1. The molecule has 0 saturated heterocycles. The number of ether oxygens (including phenoxy) is 1. The number of aromatic nitrogens is 2. The lowest BCUT2D eigenvalue weighted by Gasteiger charge is -2.05. The number of hydrogen-bond acceptors (Lipinski definition) is 4. The van der Waals surface area contributed by atoms with Gasteiger partial charge >= 0.3 is 0 Å². The average Bonchev–Trinajstić information content (AvgIpc) is 2.37. The van der Waals surface area contributed by atoms with Crippen LogP contribution in [0.4, 0.5) is 13.2 Å². The Morgan fingerprint density at radius 2 is 1.80 bits per heavy atom. The van der Waals surface area contributed by atoms with Crippen molar-refractivity contribution in [2.75, 3.05) is 7.11 Å². The summed E-state index contributed by atoms with van der Waals surface area (Å²) in [4.78, 5) is 19.4. The molecule has 0 saturated carbocycles. The van der Waals surface area contributed by atoms with Crippen LogP contribution in [0.2, 0.25) is 0 Å². The molecule has 0 aliphatic heterocycles. The van der Waals surface area contributed by atoms with Crippen LogP contribution in [0.5, 0.6) is 5.88 Å². The first-order valence-electron chi connectivity index (χ1n) is 5.54. The number of halogens is 3. The van der Waals surface area contributed by atoms with Crippen LogP contribution in [0, 0.1) is 17.5 Å². The summed E-state index contributed by atoms with van der Waals surface area (Å²) >= 11 is 0. The van der Waals surface area contributed by atoms with Gasteiger partial charge in [-0.15, -0.1) is 0 Å². The van der Waals surface area contributed by atoms with Gasteiger partial charge in [0.25, 0.3) is 0 Å². The molecule has 0 spiro atoms. The van der Waals surface area contributed by atoms with Crippen molar-refractivity contribution < 1.29 is 22.7 Å². The quantitative estimate of drug-likeness (QED) is 0.808. The van der Waals surface area contributed by atoms with Gasteiger partial charge in [-0.25, -0.2) is 23.1 Å². The molecule has 0 N–H and O–H groups in total. The molecule has 0 radical (unpaired) electrons. The Bertz CT molecular complexity index is 639. The van der Waals surface area contributed by atoms with Gasteiger partial charge in [0.05, 0.1) is 24.8 Å². The lowest BCUT2D eigenvalue weighted by atomic mass is 10.0. The monoisotopic (exact) mass is 282 g/mol. The van der Waals surface area contributed by atoms with E-state index in [1.807, 2.05) is 0 Å². The largest absolute Gasteiger partial charge is 0.481 e. The summed E-state index contributed by atoms with van der Waals surface area (Å²) < 4.78 is 44.5. The van der Waals surface area contributed by atoms with E-state index < -0.39 is 28.8 Å². The molecule has 0 aliphatic carbocycles. The topological polar surface area (TPSA) is 52.1 Å². The molecule has 4 nitrogen and oxygen atoms in total. The molecule has 104 valence electrons. The molecule has 20 heavy (non-hydrogen) atoms. The van der Waals surface area contributed by atoms with Crippen molar-refractivity contribution in [3.8, 4) is 5.88 Å². The highest BCUT2D eigenvalue weighted by Gasteiger charge is 2.19. The number of ketones is 1. The van der Waals surface area contributed by atoms with Gasteiger partial charge in [-0.3, -0.25) is 4.79 Å². The number of carbonyl (C=O) groups excluding carboxylic acids is 1. The van der Waals surface area contributed by atoms with Crippen molar-refractivity contribution in [1.82, 2.24) is 9.97 Å². The summed E-state index contributed by atoms with van der Waals surface area (Å²) in [6, 6.07) is 2.28. The molecular formula is C13H9F3N2O2. The molecule has 2 aromatic rings. The average molecular weight is 282 g/mol. The number of carbonyl (C=O) groups is 1. The number of rotatable bonds is 4. The van der Waals surface area contributed by atoms with Gasteiger partial charge in [0, 0.05) is 18.2 Å². The van der Waals surface area contributed by atoms with Crippen molar-refractivity contribution in [2.24, 2.45) is 0 Å². The molecule has 0 atom stereocenters. The second-order valence-electron chi connectivity index (χ2n) is 3.90. The second-order valence-corrected chi connectivity index (χ2v) is 3.90. The zero-order valence-corrected chi connectivity index (χ0v) is 10.4. The van der Waals surface area contributed by atoms with E-state index in [9.17, 15) is 18.0 Å². The number of Topliss-reactive ketones (excluding diaryl/α,β-unsaturated/α-hetero) is 1. The van der Waals surface area contributed by atoms with E-state index in [1.165, 1.54) is 19.5 Å². The van der Waals surface area contributed by atoms with E-state index in [0.717, 1.165) is 0 Å². The highest BCUT2D eigenvalue weighted by Crippen LogP contribution is 2.17.